The van der Waals surface area contributed by atoms with E-state index in [0.717, 1.165) is 30.0 Å². The standard InChI is InChI=1S/C13H10F2N2O2S/c14-9-2-3-10(15)13(6-9)20-7-8-1-4-12(17(18)19)11(16)5-8/h1-6H,7,16H2. The zero-order valence-corrected chi connectivity index (χ0v) is 11.0. The van der Waals surface area contributed by atoms with Crippen LogP contribution in [-0.2, 0) is 5.75 Å². The van der Waals surface area contributed by atoms with Crippen molar-refractivity contribution in [2.45, 2.75) is 10.6 Å². The number of nitrogens with two attached hydrogens (primary N) is 1. The molecule has 0 heterocycles. The van der Waals surface area contributed by atoms with Gasteiger partial charge in [-0.25, -0.2) is 8.78 Å². The van der Waals surface area contributed by atoms with E-state index >= 15 is 0 Å². The predicted octanol–water partition coefficient (Wildman–Crippen LogP) is 3.75. The summed E-state index contributed by atoms with van der Waals surface area (Å²) in [5.74, 6) is -0.689. The fraction of sp³-hybridized carbons (Fsp3) is 0.0769. The van der Waals surface area contributed by atoms with Crippen molar-refractivity contribution in [3.05, 3.63) is 63.7 Å². The van der Waals surface area contributed by atoms with Gasteiger partial charge in [-0.15, -0.1) is 11.8 Å². The highest BCUT2D eigenvalue weighted by Crippen LogP contribution is 2.29. The Hall–Kier alpha value is -2.15. The zero-order valence-electron chi connectivity index (χ0n) is 10.2. The third-order valence-electron chi connectivity index (χ3n) is 2.58. The van der Waals surface area contributed by atoms with Crippen LogP contribution in [0.15, 0.2) is 41.3 Å². The zero-order chi connectivity index (χ0) is 14.7. The lowest BCUT2D eigenvalue weighted by Gasteiger charge is -2.05. The molecule has 2 aromatic carbocycles. The second kappa shape index (κ2) is 5.87. The van der Waals surface area contributed by atoms with Crippen LogP contribution >= 0.6 is 11.8 Å². The number of anilines is 1. The quantitative estimate of drug-likeness (QED) is 0.404. The highest BCUT2D eigenvalue weighted by Gasteiger charge is 2.12. The van der Waals surface area contributed by atoms with Crippen molar-refractivity contribution in [3.63, 3.8) is 0 Å². The number of nitrogens with zero attached hydrogens (tertiary/aromatic N) is 1. The topological polar surface area (TPSA) is 69.2 Å². The molecule has 0 aliphatic carbocycles. The largest absolute Gasteiger partial charge is 0.393 e. The Morgan fingerprint density at radius 2 is 1.95 bits per heavy atom. The fourth-order valence-corrected chi connectivity index (χ4v) is 2.51. The number of nitrogen functional groups attached to an aromatic ring is 1. The van der Waals surface area contributed by atoms with Crippen molar-refractivity contribution in [2.24, 2.45) is 0 Å². The van der Waals surface area contributed by atoms with Gasteiger partial charge in [0.05, 0.1) is 4.92 Å². The first-order valence-electron chi connectivity index (χ1n) is 5.58. The molecule has 7 heteroatoms. The van der Waals surface area contributed by atoms with Crippen LogP contribution in [0, 0.1) is 21.7 Å². The lowest BCUT2D eigenvalue weighted by molar-refractivity contribution is -0.383. The smallest absolute Gasteiger partial charge is 0.292 e. The molecule has 104 valence electrons. The van der Waals surface area contributed by atoms with Crippen molar-refractivity contribution < 1.29 is 13.7 Å². The number of thioether (sulfide) groups is 1. The molecule has 0 aliphatic rings. The second-order valence-corrected chi connectivity index (χ2v) is 5.03. The van der Waals surface area contributed by atoms with Gasteiger partial charge in [-0.05, 0) is 29.8 Å². The number of rotatable bonds is 4. The highest BCUT2D eigenvalue weighted by atomic mass is 32.2. The van der Waals surface area contributed by atoms with Crippen LogP contribution in [0.25, 0.3) is 0 Å². The van der Waals surface area contributed by atoms with Crippen LogP contribution in [0.2, 0.25) is 0 Å². The maximum absolute atomic E-state index is 13.4. The molecule has 0 bridgehead atoms. The summed E-state index contributed by atoms with van der Waals surface area (Å²) in [4.78, 5) is 10.2. The first-order chi connectivity index (χ1) is 9.47. The van der Waals surface area contributed by atoms with E-state index in [1.807, 2.05) is 0 Å². The summed E-state index contributed by atoms with van der Waals surface area (Å²) in [6, 6.07) is 7.51. The van der Waals surface area contributed by atoms with Gasteiger partial charge in [0.1, 0.15) is 17.3 Å². The van der Waals surface area contributed by atoms with Gasteiger partial charge in [0, 0.05) is 16.7 Å². The molecule has 0 radical (unpaired) electrons. The first kappa shape index (κ1) is 14.3. The number of nitro groups is 1. The maximum atomic E-state index is 13.4. The normalized spacial score (nSPS) is 10.5. The number of hydrogen-bond donors (Lipinski definition) is 1. The summed E-state index contributed by atoms with van der Waals surface area (Å²) in [7, 11) is 0. The average Bonchev–Trinajstić information content (AvgIpc) is 2.39. The average molecular weight is 296 g/mol. The summed E-state index contributed by atoms with van der Waals surface area (Å²) in [6.45, 7) is 0. The lowest BCUT2D eigenvalue weighted by atomic mass is 10.2. The van der Waals surface area contributed by atoms with E-state index in [1.165, 1.54) is 12.1 Å². The second-order valence-electron chi connectivity index (χ2n) is 4.01. The Morgan fingerprint density at radius 1 is 1.20 bits per heavy atom. The van der Waals surface area contributed by atoms with Gasteiger partial charge in [-0.1, -0.05) is 6.07 Å². The summed E-state index contributed by atoms with van der Waals surface area (Å²) in [6.07, 6.45) is 0. The Bertz CT molecular complexity index is 665. The van der Waals surface area contributed by atoms with E-state index in [1.54, 1.807) is 6.07 Å². The van der Waals surface area contributed by atoms with E-state index in [0.29, 0.717) is 11.3 Å². The van der Waals surface area contributed by atoms with Crippen LogP contribution in [-0.4, -0.2) is 4.92 Å². The van der Waals surface area contributed by atoms with Crippen molar-refractivity contribution in [1.29, 1.82) is 0 Å². The number of nitro benzene ring substituents is 1. The molecule has 2 rings (SSSR count). The molecule has 0 saturated carbocycles. The van der Waals surface area contributed by atoms with E-state index in [9.17, 15) is 18.9 Å². The molecule has 0 aliphatic heterocycles. The molecule has 0 fully saturated rings. The van der Waals surface area contributed by atoms with Crippen molar-refractivity contribution in [2.75, 3.05) is 5.73 Å². The SMILES string of the molecule is Nc1cc(CSc2cc(F)ccc2F)ccc1[N+](=O)[O-]. The molecule has 2 aromatic rings. The molecule has 0 spiro atoms. The molecule has 2 N–H and O–H groups in total. The van der Waals surface area contributed by atoms with Crippen LogP contribution in [0.5, 0.6) is 0 Å². The first-order valence-corrected chi connectivity index (χ1v) is 6.56. The van der Waals surface area contributed by atoms with E-state index in [2.05, 4.69) is 0 Å². The molecule has 20 heavy (non-hydrogen) atoms. The minimum Gasteiger partial charge on any atom is -0.393 e. The lowest BCUT2D eigenvalue weighted by Crippen LogP contribution is -1.96. The van der Waals surface area contributed by atoms with Gasteiger partial charge < -0.3 is 5.73 Å². The van der Waals surface area contributed by atoms with Crippen molar-refractivity contribution in [3.8, 4) is 0 Å². The monoisotopic (exact) mass is 296 g/mol. The molecular weight excluding hydrogens is 286 g/mol. The number of halogens is 2. The summed E-state index contributed by atoms with van der Waals surface area (Å²) < 4.78 is 26.4. The van der Waals surface area contributed by atoms with E-state index in [4.69, 9.17) is 5.73 Å². The van der Waals surface area contributed by atoms with Crippen LogP contribution < -0.4 is 5.73 Å². The van der Waals surface area contributed by atoms with Crippen LogP contribution in [0.4, 0.5) is 20.2 Å². The van der Waals surface area contributed by atoms with Gasteiger partial charge in [0.2, 0.25) is 0 Å². The third kappa shape index (κ3) is 3.24. The Morgan fingerprint density at radius 3 is 2.60 bits per heavy atom. The van der Waals surface area contributed by atoms with Crippen molar-refractivity contribution in [1.82, 2.24) is 0 Å². The molecule has 0 unspecified atom stereocenters. The van der Waals surface area contributed by atoms with Crippen LogP contribution in [0.3, 0.4) is 0 Å². The van der Waals surface area contributed by atoms with Gasteiger partial charge >= 0.3 is 0 Å². The van der Waals surface area contributed by atoms with E-state index < -0.39 is 16.6 Å². The summed E-state index contributed by atoms with van der Waals surface area (Å²) in [5.41, 5.74) is 6.13. The van der Waals surface area contributed by atoms with E-state index in [-0.39, 0.29) is 16.3 Å². The number of hydrogen-bond acceptors (Lipinski definition) is 4. The van der Waals surface area contributed by atoms with Gasteiger partial charge in [-0.2, -0.15) is 0 Å². The highest BCUT2D eigenvalue weighted by molar-refractivity contribution is 7.98. The summed E-state index contributed by atoms with van der Waals surface area (Å²) in [5, 5.41) is 10.6. The molecular formula is C13H10F2N2O2S. The molecule has 0 aromatic heterocycles. The Labute approximate surface area is 117 Å². The van der Waals surface area contributed by atoms with Gasteiger partial charge in [0.25, 0.3) is 5.69 Å². The molecule has 0 saturated heterocycles. The molecule has 0 atom stereocenters. The molecule has 4 nitrogen and oxygen atoms in total. The Kier molecular flexibility index (Phi) is 4.19. The fourth-order valence-electron chi connectivity index (χ4n) is 1.61. The van der Waals surface area contributed by atoms with Gasteiger partial charge in [0.15, 0.2) is 0 Å². The maximum Gasteiger partial charge on any atom is 0.292 e. The minimum atomic E-state index is -0.571. The third-order valence-corrected chi connectivity index (χ3v) is 3.68. The van der Waals surface area contributed by atoms with Gasteiger partial charge in [-0.3, -0.25) is 10.1 Å². The molecule has 0 amide bonds. The summed E-state index contributed by atoms with van der Waals surface area (Å²) >= 11 is 1.10. The minimum absolute atomic E-state index is 0.0489. The Balaban J connectivity index is 2.13. The number of benzene rings is 2. The van der Waals surface area contributed by atoms with Crippen molar-refractivity contribution >= 4 is 23.1 Å². The predicted molar refractivity (Wildman–Crippen MR) is 73.4 cm³/mol. The van der Waals surface area contributed by atoms with Crippen LogP contribution in [0.1, 0.15) is 5.56 Å².